The number of rotatable bonds is 5. The van der Waals surface area contributed by atoms with Crippen LogP contribution in [0.25, 0.3) is 0 Å². The minimum atomic E-state index is -3.75. The molecular weight excluding hydrogens is 306 g/mol. The minimum absolute atomic E-state index is 0.0875. The molecule has 0 aliphatic heterocycles. The number of sulfonamides is 1. The molecule has 0 radical (unpaired) electrons. The van der Waals surface area contributed by atoms with E-state index < -0.39 is 20.8 Å². The molecular formula is C11H14BrNO3S. The summed E-state index contributed by atoms with van der Waals surface area (Å²) in [4.78, 5) is 11.2. The van der Waals surface area contributed by atoms with E-state index >= 15 is 0 Å². The molecule has 1 aromatic rings. The van der Waals surface area contributed by atoms with E-state index in [1.807, 2.05) is 11.6 Å². The average Bonchev–Trinajstić information content (AvgIpc) is 2.30. The van der Waals surface area contributed by atoms with Gasteiger partial charge in [0.2, 0.25) is 5.91 Å². The van der Waals surface area contributed by atoms with Crippen LogP contribution < -0.4 is 4.72 Å². The summed E-state index contributed by atoms with van der Waals surface area (Å²) in [6.45, 7) is 1.92. The van der Waals surface area contributed by atoms with E-state index in [0.29, 0.717) is 6.42 Å². The molecule has 0 unspecified atom stereocenters. The monoisotopic (exact) mass is 319 g/mol. The van der Waals surface area contributed by atoms with Crippen LogP contribution in [-0.4, -0.2) is 19.2 Å². The Kier molecular flexibility index (Phi) is 5.14. The molecule has 1 rings (SSSR count). The molecule has 0 aliphatic rings. The van der Waals surface area contributed by atoms with Gasteiger partial charge in [-0.15, -0.1) is 0 Å². The molecule has 0 fully saturated rings. The van der Waals surface area contributed by atoms with Gasteiger partial charge in [-0.3, -0.25) is 4.79 Å². The number of nitrogens with one attached hydrogen (secondary N) is 1. The van der Waals surface area contributed by atoms with Crippen molar-refractivity contribution < 1.29 is 13.2 Å². The summed E-state index contributed by atoms with van der Waals surface area (Å²) >= 11 is 3.15. The first-order valence-corrected chi connectivity index (χ1v) is 7.63. The Hall–Kier alpha value is -0.880. The molecule has 1 aromatic carbocycles. The van der Waals surface area contributed by atoms with Crippen LogP contribution in [0.5, 0.6) is 0 Å². The Bertz CT molecular complexity index is 473. The van der Waals surface area contributed by atoms with Crippen LogP contribution in [0.2, 0.25) is 0 Å². The number of carbonyl (C=O) groups is 1. The lowest BCUT2D eigenvalue weighted by Gasteiger charge is -2.10. The fourth-order valence-electron chi connectivity index (χ4n) is 1.24. The maximum absolute atomic E-state index is 11.8. The summed E-state index contributed by atoms with van der Waals surface area (Å²) in [5, 5.41) is 0. The Morgan fingerprint density at radius 3 is 2.47 bits per heavy atom. The van der Waals surface area contributed by atoms with E-state index in [1.54, 1.807) is 18.2 Å². The topological polar surface area (TPSA) is 63.2 Å². The van der Waals surface area contributed by atoms with Crippen LogP contribution in [0.3, 0.4) is 0 Å². The van der Waals surface area contributed by atoms with E-state index in [1.165, 1.54) is 12.1 Å². The Morgan fingerprint density at radius 1 is 1.35 bits per heavy atom. The highest BCUT2D eigenvalue weighted by Crippen LogP contribution is 2.11. The van der Waals surface area contributed by atoms with Gasteiger partial charge < -0.3 is 0 Å². The largest absolute Gasteiger partial charge is 0.273 e. The zero-order chi connectivity index (χ0) is 12.9. The van der Waals surface area contributed by atoms with Gasteiger partial charge in [0.1, 0.15) is 0 Å². The maximum atomic E-state index is 11.8. The van der Waals surface area contributed by atoms with Gasteiger partial charge in [0.15, 0.2) is 0 Å². The van der Waals surface area contributed by atoms with E-state index in [0.717, 1.165) is 6.42 Å². The number of halogens is 1. The molecule has 0 bridgehead atoms. The second kappa shape index (κ2) is 6.16. The first-order valence-electron chi connectivity index (χ1n) is 5.23. The van der Waals surface area contributed by atoms with Crippen LogP contribution in [-0.2, 0) is 14.8 Å². The standard InChI is InChI=1S/C11H14BrNO3S/c1-2-6-10(12)11(14)13-17(15,16)9-7-4-3-5-8-9/h3-5,7-8,10H,2,6H2,1H3,(H,13,14)/t10-/m1/s1. The third-order valence-electron chi connectivity index (χ3n) is 2.12. The number of hydrogen-bond donors (Lipinski definition) is 1. The quantitative estimate of drug-likeness (QED) is 0.845. The van der Waals surface area contributed by atoms with Crippen molar-refractivity contribution in [2.45, 2.75) is 29.5 Å². The summed E-state index contributed by atoms with van der Waals surface area (Å²) in [6.07, 6.45) is 1.39. The second-order valence-electron chi connectivity index (χ2n) is 3.54. The van der Waals surface area contributed by atoms with E-state index in [4.69, 9.17) is 0 Å². The lowest BCUT2D eigenvalue weighted by atomic mass is 10.2. The van der Waals surface area contributed by atoms with Crippen LogP contribution >= 0.6 is 15.9 Å². The summed E-state index contributed by atoms with van der Waals surface area (Å²) in [7, 11) is -3.75. The molecule has 0 heterocycles. The van der Waals surface area contributed by atoms with Crippen molar-refractivity contribution in [3.63, 3.8) is 0 Å². The average molecular weight is 320 g/mol. The highest BCUT2D eigenvalue weighted by molar-refractivity contribution is 9.10. The van der Waals surface area contributed by atoms with E-state index in [-0.39, 0.29) is 4.90 Å². The van der Waals surface area contributed by atoms with E-state index in [2.05, 4.69) is 15.9 Å². The van der Waals surface area contributed by atoms with Crippen LogP contribution in [0.15, 0.2) is 35.2 Å². The highest BCUT2D eigenvalue weighted by Gasteiger charge is 2.21. The van der Waals surface area contributed by atoms with Crippen molar-refractivity contribution in [1.82, 2.24) is 4.72 Å². The van der Waals surface area contributed by atoms with Gasteiger partial charge in [-0.05, 0) is 18.6 Å². The molecule has 1 atom stereocenters. The zero-order valence-electron chi connectivity index (χ0n) is 9.39. The minimum Gasteiger partial charge on any atom is -0.273 e. The van der Waals surface area contributed by atoms with Gasteiger partial charge in [0.25, 0.3) is 10.0 Å². The van der Waals surface area contributed by atoms with Gasteiger partial charge in [-0.2, -0.15) is 0 Å². The molecule has 0 saturated heterocycles. The normalized spacial score (nSPS) is 13.1. The Labute approximate surface area is 110 Å². The second-order valence-corrected chi connectivity index (χ2v) is 6.33. The van der Waals surface area contributed by atoms with Crippen molar-refractivity contribution >= 4 is 31.9 Å². The maximum Gasteiger partial charge on any atom is 0.264 e. The Morgan fingerprint density at radius 2 is 1.94 bits per heavy atom. The van der Waals surface area contributed by atoms with Crippen molar-refractivity contribution in [2.75, 3.05) is 0 Å². The fraction of sp³-hybridized carbons (Fsp3) is 0.364. The van der Waals surface area contributed by atoms with Crippen LogP contribution in [0.4, 0.5) is 0 Å². The highest BCUT2D eigenvalue weighted by atomic mass is 79.9. The molecule has 6 heteroatoms. The zero-order valence-corrected chi connectivity index (χ0v) is 11.8. The van der Waals surface area contributed by atoms with Gasteiger partial charge in [0, 0.05) is 0 Å². The van der Waals surface area contributed by atoms with Gasteiger partial charge in [-0.1, -0.05) is 47.5 Å². The lowest BCUT2D eigenvalue weighted by Crippen LogP contribution is -2.36. The third kappa shape index (κ3) is 4.12. The van der Waals surface area contributed by atoms with Gasteiger partial charge >= 0.3 is 0 Å². The molecule has 4 nitrogen and oxygen atoms in total. The van der Waals surface area contributed by atoms with Crippen molar-refractivity contribution in [3.8, 4) is 0 Å². The van der Waals surface area contributed by atoms with Crippen molar-refractivity contribution in [1.29, 1.82) is 0 Å². The molecule has 0 aliphatic carbocycles. The molecule has 0 aromatic heterocycles. The van der Waals surface area contributed by atoms with Gasteiger partial charge in [-0.25, -0.2) is 13.1 Å². The smallest absolute Gasteiger partial charge is 0.264 e. The van der Waals surface area contributed by atoms with Crippen LogP contribution in [0, 0.1) is 0 Å². The fourth-order valence-corrected chi connectivity index (χ4v) is 3.00. The molecule has 1 N–H and O–H groups in total. The molecule has 94 valence electrons. The number of amides is 1. The SMILES string of the molecule is CCC[C@@H](Br)C(=O)NS(=O)(=O)c1ccccc1. The lowest BCUT2D eigenvalue weighted by molar-refractivity contribution is -0.118. The van der Waals surface area contributed by atoms with E-state index in [9.17, 15) is 13.2 Å². The summed E-state index contributed by atoms with van der Waals surface area (Å²) < 4.78 is 25.6. The predicted molar refractivity (Wildman–Crippen MR) is 69.4 cm³/mol. The first-order chi connectivity index (χ1) is 7.97. The van der Waals surface area contributed by atoms with Crippen LogP contribution in [0.1, 0.15) is 19.8 Å². The number of alkyl halides is 1. The third-order valence-corrected chi connectivity index (χ3v) is 4.35. The number of hydrogen-bond acceptors (Lipinski definition) is 3. The number of carbonyl (C=O) groups excluding carboxylic acids is 1. The van der Waals surface area contributed by atoms with Gasteiger partial charge in [0.05, 0.1) is 9.72 Å². The van der Waals surface area contributed by atoms with Crippen molar-refractivity contribution in [3.05, 3.63) is 30.3 Å². The molecule has 17 heavy (non-hydrogen) atoms. The van der Waals surface area contributed by atoms with Crippen molar-refractivity contribution in [2.24, 2.45) is 0 Å². The summed E-state index contributed by atoms with van der Waals surface area (Å²) in [6, 6.07) is 7.82. The predicted octanol–water partition coefficient (Wildman–Crippen LogP) is 2.06. The first kappa shape index (κ1) is 14.2. The number of benzene rings is 1. The Balaban J connectivity index is 2.78. The molecule has 0 spiro atoms. The molecule has 1 amide bonds. The summed E-state index contributed by atoms with van der Waals surface area (Å²) in [5.41, 5.74) is 0. The summed E-state index contributed by atoms with van der Waals surface area (Å²) in [5.74, 6) is -0.532. The molecule has 0 saturated carbocycles.